The maximum Gasteiger partial charge on any atom is 0.264 e. The van der Waals surface area contributed by atoms with Crippen molar-refractivity contribution in [1.29, 1.82) is 0 Å². The molecule has 1 saturated heterocycles. The van der Waals surface area contributed by atoms with E-state index in [1.807, 2.05) is 58.9 Å². The summed E-state index contributed by atoms with van der Waals surface area (Å²) in [5, 5.41) is 10.7. The Morgan fingerprint density at radius 3 is 2.30 bits per heavy atom. The number of aromatic nitrogens is 1. The highest BCUT2D eigenvalue weighted by Gasteiger charge is 2.34. The molecule has 0 unspecified atom stereocenters. The second-order valence-corrected chi connectivity index (χ2v) is 14.0. The zero-order valence-electron chi connectivity index (χ0n) is 28.1. The van der Waals surface area contributed by atoms with Crippen molar-refractivity contribution in [2.45, 2.75) is 25.9 Å². The number of benzene rings is 4. The summed E-state index contributed by atoms with van der Waals surface area (Å²) < 4.78 is 1.87. The van der Waals surface area contributed by atoms with Gasteiger partial charge in [0.1, 0.15) is 5.75 Å². The van der Waals surface area contributed by atoms with Crippen LogP contribution in [0.15, 0.2) is 103 Å². The van der Waals surface area contributed by atoms with E-state index in [-0.39, 0.29) is 28.6 Å². The number of aryl methyl sites for hydroxylation is 1. The molecule has 10 heteroatoms. The lowest BCUT2D eigenvalue weighted by atomic mass is 9.92. The monoisotopic (exact) mass is 707 g/mol. The van der Waals surface area contributed by atoms with Crippen LogP contribution in [0.5, 0.6) is 5.75 Å². The Balaban J connectivity index is 1.24. The van der Waals surface area contributed by atoms with Gasteiger partial charge in [0.15, 0.2) is 0 Å². The average Bonchev–Trinajstić information content (AvgIpc) is 3.52. The van der Waals surface area contributed by atoms with Gasteiger partial charge in [0.2, 0.25) is 0 Å². The molecule has 2 aliphatic heterocycles. The molecule has 5 aromatic rings. The Hall–Kier alpha value is -4.60. The van der Waals surface area contributed by atoms with Crippen molar-refractivity contribution in [2.24, 2.45) is 0 Å². The van der Waals surface area contributed by atoms with Crippen LogP contribution in [0.3, 0.4) is 0 Å². The lowest BCUT2D eigenvalue weighted by Gasteiger charge is -2.41. The number of nitrogens with zero attached hydrogens (tertiary/aromatic N) is 5. The van der Waals surface area contributed by atoms with Gasteiger partial charge < -0.3 is 19.5 Å². The van der Waals surface area contributed by atoms with Gasteiger partial charge in [-0.3, -0.25) is 19.4 Å². The highest BCUT2D eigenvalue weighted by molar-refractivity contribution is 6.32. The number of fused-ring (bicyclic) bond motifs is 1. The Morgan fingerprint density at radius 2 is 1.56 bits per heavy atom. The molecule has 1 aromatic heterocycles. The van der Waals surface area contributed by atoms with Crippen LogP contribution < -0.4 is 4.90 Å². The van der Waals surface area contributed by atoms with Crippen LogP contribution in [-0.2, 0) is 13.0 Å². The molecule has 0 radical (unpaired) electrons. The molecule has 3 heterocycles. The van der Waals surface area contributed by atoms with E-state index in [4.69, 9.17) is 23.2 Å². The van der Waals surface area contributed by atoms with Crippen molar-refractivity contribution in [3.05, 3.63) is 141 Å². The summed E-state index contributed by atoms with van der Waals surface area (Å²) in [7, 11) is 2.15. The number of halogens is 2. The van der Waals surface area contributed by atoms with Crippen LogP contribution in [0, 0.1) is 6.92 Å². The Labute approximate surface area is 302 Å². The number of likely N-dealkylation sites (N-methyl/N-ethyl adjacent to an activating group) is 1. The van der Waals surface area contributed by atoms with E-state index < -0.39 is 0 Å². The number of piperazine rings is 1. The van der Waals surface area contributed by atoms with Gasteiger partial charge in [0.25, 0.3) is 11.8 Å². The number of anilines is 2. The first-order valence-electron chi connectivity index (χ1n) is 16.8. The number of para-hydroxylation sites is 1. The number of aromatic hydroxyl groups is 1. The molecule has 7 rings (SSSR count). The molecule has 1 atom stereocenters. The van der Waals surface area contributed by atoms with Crippen LogP contribution in [0.25, 0.3) is 5.69 Å². The van der Waals surface area contributed by atoms with Crippen LogP contribution in [0.4, 0.5) is 11.4 Å². The Morgan fingerprint density at radius 1 is 0.840 bits per heavy atom. The number of carbonyl (C=O) groups is 2. The Kier molecular flexibility index (Phi) is 9.71. The number of hydrogen-bond donors (Lipinski definition) is 1. The minimum Gasteiger partial charge on any atom is -0.506 e. The summed E-state index contributed by atoms with van der Waals surface area (Å²) >= 11 is 12.9. The van der Waals surface area contributed by atoms with Gasteiger partial charge in [-0.05, 0) is 86.1 Å². The standard InChI is InChI=1S/C40H39Cl2N5O3/c1-27-20-30(39(49)47(32-10-4-3-5-11-32)33-13-15-38(48)36(42)23-33)25-45(27)37-22-31(41)12-14-35(37)40(50)46-24-29-9-7-6-8-28(29)21-34(46)26-44-18-16-43(2)17-19-44/h3-15,20,22-23,25,34,48H,16-19,21,24,26H2,1-2H3/t34-/m0/s1. The van der Waals surface area contributed by atoms with E-state index >= 15 is 0 Å². The largest absolute Gasteiger partial charge is 0.506 e. The summed E-state index contributed by atoms with van der Waals surface area (Å²) in [6, 6.07) is 29.5. The quantitative estimate of drug-likeness (QED) is 0.189. The molecule has 0 spiro atoms. The fourth-order valence-corrected chi connectivity index (χ4v) is 7.37. The van der Waals surface area contributed by atoms with Gasteiger partial charge in [-0.1, -0.05) is 65.7 Å². The van der Waals surface area contributed by atoms with E-state index in [9.17, 15) is 14.7 Å². The predicted molar refractivity (Wildman–Crippen MR) is 199 cm³/mol. The molecule has 0 bridgehead atoms. The number of carbonyl (C=O) groups excluding carboxylic acids is 2. The van der Waals surface area contributed by atoms with Crippen LogP contribution >= 0.6 is 23.2 Å². The van der Waals surface area contributed by atoms with Crippen molar-refractivity contribution in [3.8, 4) is 11.4 Å². The summed E-state index contributed by atoms with van der Waals surface area (Å²) in [4.78, 5) is 37.5. The van der Waals surface area contributed by atoms with Crippen molar-refractivity contribution >= 4 is 46.4 Å². The van der Waals surface area contributed by atoms with Crippen LogP contribution in [0.2, 0.25) is 10.0 Å². The molecule has 2 amide bonds. The van der Waals surface area contributed by atoms with E-state index in [0.717, 1.165) is 50.4 Å². The smallest absolute Gasteiger partial charge is 0.264 e. The van der Waals surface area contributed by atoms with Gasteiger partial charge in [-0.15, -0.1) is 0 Å². The molecule has 1 fully saturated rings. The maximum absolute atomic E-state index is 14.7. The molecular weight excluding hydrogens is 669 g/mol. The van der Waals surface area contributed by atoms with E-state index in [0.29, 0.717) is 39.8 Å². The van der Waals surface area contributed by atoms with Gasteiger partial charge in [-0.2, -0.15) is 0 Å². The summed E-state index contributed by atoms with van der Waals surface area (Å²) in [6.45, 7) is 7.18. The zero-order valence-corrected chi connectivity index (χ0v) is 29.6. The molecule has 256 valence electrons. The number of rotatable bonds is 7. The van der Waals surface area contributed by atoms with E-state index in [1.54, 1.807) is 41.4 Å². The average molecular weight is 709 g/mol. The van der Waals surface area contributed by atoms with E-state index in [1.165, 1.54) is 11.6 Å². The molecular formula is C40H39Cl2N5O3. The minimum atomic E-state index is -0.297. The Bertz CT molecular complexity index is 2040. The van der Waals surface area contributed by atoms with Gasteiger partial charge in [-0.25, -0.2) is 0 Å². The molecule has 50 heavy (non-hydrogen) atoms. The normalized spacial score (nSPS) is 16.6. The number of phenols is 1. The third kappa shape index (κ3) is 6.89. The van der Waals surface area contributed by atoms with Crippen LogP contribution in [0.1, 0.15) is 37.5 Å². The van der Waals surface area contributed by atoms with E-state index in [2.05, 4.69) is 35.0 Å². The third-order valence-corrected chi connectivity index (χ3v) is 10.3. The highest BCUT2D eigenvalue weighted by atomic mass is 35.5. The molecule has 8 nitrogen and oxygen atoms in total. The molecule has 1 N–H and O–H groups in total. The highest BCUT2D eigenvalue weighted by Crippen LogP contribution is 2.35. The molecule has 2 aliphatic rings. The van der Waals surface area contributed by atoms with Gasteiger partial charge >= 0.3 is 0 Å². The SMILES string of the molecule is Cc1cc(C(=O)N(c2ccccc2)c2ccc(O)c(Cl)c2)cn1-c1cc(Cl)ccc1C(=O)N1Cc2ccccc2C[C@H]1CN1CCN(C)CC1. The first-order valence-corrected chi connectivity index (χ1v) is 17.6. The number of phenolic OH excluding ortho intramolecular Hbond substituents is 1. The first-order chi connectivity index (χ1) is 24.2. The molecule has 0 saturated carbocycles. The first kappa shape index (κ1) is 33.9. The van der Waals surface area contributed by atoms with Crippen molar-refractivity contribution in [2.75, 3.05) is 44.7 Å². The summed E-state index contributed by atoms with van der Waals surface area (Å²) in [5.41, 5.74) is 5.88. The van der Waals surface area contributed by atoms with Crippen molar-refractivity contribution in [1.82, 2.24) is 19.3 Å². The van der Waals surface area contributed by atoms with Crippen LogP contribution in [-0.4, -0.2) is 82.0 Å². The molecule has 4 aromatic carbocycles. The lowest BCUT2D eigenvalue weighted by molar-refractivity contribution is 0.0535. The number of hydrogen-bond acceptors (Lipinski definition) is 5. The molecule has 0 aliphatic carbocycles. The maximum atomic E-state index is 14.7. The van der Waals surface area contributed by atoms with Gasteiger partial charge in [0.05, 0.1) is 27.5 Å². The van der Waals surface area contributed by atoms with Crippen molar-refractivity contribution in [3.63, 3.8) is 0 Å². The van der Waals surface area contributed by atoms with Crippen molar-refractivity contribution < 1.29 is 14.7 Å². The number of amides is 2. The topological polar surface area (TPSA) is 72.3 Å². The summed E-state index contributed by atoms with van der Waals surface area (Å²) in [6.07, 6.45) is 2.54. The fraction of sp³-hybridized carbons (Fsp3) is 0.250. The fourth-order valence-electron chi connectivity index (χ4n) is 7.03. The second-order valence-electron chi connectivity index (χ2n) is 13.2. The predicted octanol–water partition coefficient (Wildman–Crippen LogP) is 7.59. The second kappa shape index (κ2) is 14.3. The lowest BCUT2D eigenvalue weighted by Crippen LogP contribution is -2.53. The summed E-state index contributed by atoms with van der Waals surface area (Å²) in [5.74, 6) is -0.440. The minimum absolute atomic E-state index is 0.00351. The third-order valence-electron chi connectivity index (χ3n) is 9.80. The van der Waals surface area contributed by atoms with Gasteiger partial charge in [0, 0.05) is 67.9 Å². The zero-order chi connectivity index (χ0) is 34.9.